The van der Waals surface area contributed by atoms with Gasteiger partial charge in [-0.2, -0.15) is 0 Å². The molecular formula is C18H28N2O3. The van der Waals surface area contributed by atoms with Crippen LogP contribution in [0.25, 0.3) is 0 Å². The maximum absolute atomic E-state index is 11.8. The number of benzene rings is 1. The third kappa shape index (κ3) is 6.20. The Morgan fingerprint density at radius 3 is 2.57 bits per heavy atom. The Morgan fingerprint density at radius 2 is 1.96 bits per heavy atom. The van der Waals surface area contributed by atoms with E-state index in [0.717, 1.165) is 24.8 Å². The van der Waals surface area contributed by atoms with Crippen LogP contribution in [-0.2, 0) is 11.3 Å². The standard InChI is InChI=1S/C18H28N2O3/c1-13(2)8-17(11-21)19-15-9-16(10-15)20-18(22)23-12-14-6-4-3-5-7-14/h3-7,13,15-17,19,21H,8-12H2,1-2H3,(H,20,22). The molecule has 1 fully saturated rings. The number of aliphatic hydroxyl groups excluding tert-OH is 1. The quantitative estimate of drug-likeness (QED) is 0.688. The monoisotopic (exact) mass is 320 g/mol. The van der Waals surface area contributed by atoms with Gasteiger partial charge in [0.05, 0.1) is 6.61 Å². The van der Waals surface area contributed by atoms with Crippen molar-refractivity contribution in [1.82, 2.24) is 10.6 Å². The molecule has 0 aromatic heterocycles. The van der Waals surface area contributed by atoms with Crippen LogP contribution in [0.15, 0.2) is 30.3 Å². The van der Waals surface area contributed by atoms with E-state index in [1.54, 1.807) is 0 Å². The fourth-order valence-electron chi connectivity index (χ4n) is 2.90. The van der Waals surface area contributed by atoms with Crippen LogP contribution in [0.4, 0.5) is 4.79 Å². The summed E-state index contributed by atoms with van der Waals surface area (Å²) in [5.41, 5.74) is 0.982. The average Bonchev–Trinajstić information content (AvgIpc) is 2.50. The van der Waals surface area contributed by atoms with E-state index in [0.29, 0.717) is 18.6 Å². The molecule has 0 radical (unpaired) electrons. The summed E-state index contributed by atoms with van der Waals surface area (Å²) < 4.78 is 5.21. The lowest BCUT2D eigenvalue weighted by molar-refractivity contribution is 0.120. The van der Waals surface area contributed by atoms with Crippen LogP contribution in [0.3, 0.4) is 0 Å². The van der Waals surface area contributed by atoms with E-state index >= 15 is 0 Å². The van der Waals surface area contributed by atoms with Crippen LogP contribution in [0.5, 0.6) is 0 Å². The van der Waals surface area contributed by atoms with Gasteiger partial charge in [0.25, 0.3) is 0 Å². The number of rotatable bonds is 8. The summed E-state index contributed by atoms with van der Waals surface area (Å²) in [5, 5.41) is 15.7. The maximum atomic E-state index is 11.8. The largest absolute Gasteiger partial charge is 0.445 e. The highest BCUT2D eigenvalue weighted by Gasteiger charge is 2.32. The predicted octanol–water partition coefficient (Wildman–Crippen LogP) is 2.44. The van der Waals surface area contributed by atoms with Gasteiger partial charge in [-0.05, 0) is 30.7 Å². The van der Waals surface area contributed by atoms with Gasteiger partial charge in [-0.1, -0.05) is 44.2 Å². The summed E-state index contributed by atoms with van der Waals surface area (Å²) in [6.45, 7) is 4.75. The number of aliphatic hydroxyl groups is 1. The molecule has 1 aliphatic rings. The number of nitrogens with one attached hydrogen (secondary N) is 2. The van der Waals surface area contributed by atoms with Crippen LogP contribution in [-0.4, -0.2) is 35.9 Å². The second-order valence-electron chi connectivity index (χ2n) is 6.75. The van der Waals surface area contributed by atoms with Crippen molar-refractivity contribution in [3.8, 4) is 0 Å². The van der Waals surface area contributed by atoms with Gasteiger partial charge in [0.2, 0.25) is 0 Å². The minimum atomic E-state index is -0.363. The lowest BCUT2D eigenvalue weighted by Crippen LogP contribution is -2.55. The molecule has 0 bridgehead atoms. The molecule has 2 rings (SSSR count). The molecule has 128 valence electrons. The van der Waals surface area contributed by atoms with Crippen molar-refractivity contribution in [3.63, 3.8) is 0 Å². The molecule has 1 aliphatic carbocycles. The maximum Gasteiger partial charge on any atom is 0.407 e. The lowest BCUT2D eigenvalue weighted by atomic mass is 9.86. The highest BCUT2D eigenvalue weighted by Crippen LogP contribution is 2.21. The Bertz CT molecular complexity index is 472. The Hall–Kier alpha value is -1.59. The molecule has 0 saturated heterocycles. The first-order chi connectivity index (χ1) is 11.1. The third-order valence-electron chi connectivity index (χ3n) is 4.12. The first kappa shape index (κ1) is 17.8. The Labute approximate surface area is 138 Å². The van der Waals surface area contributed by atoms with E-state index in [9.17, 15) is 9.90 Å². The highest BCUT2D eigenvalue weighted by molar-refractivity contribution is 5.67. The van der Waals surface area contributed by atoms with Crippen molar-refractivity contribution in [2.45, 2.75) is 57.8 Å². The normalized spacial score (nSPS) is 21.6. The fraction of sp³-hybridized carbons (Fsp3) is 0.611. The van der Waals surface area contributed by atoms with E-state index in [1.807, 2.05) is 30.3 Å². The van der Waals surface area contributed by atoms with Crippen LogP contribution < -0.4 is 10.6 Å². The van der Waals surface area contributed by atoms with Gasteiger partial charge >= 0.3 is 6.09 Å². The minimum absolute atomic E-state index is 0.144. The first-order valence-electron chi connectivity index (χ1n) is 8.41. The molecule has 3 N–H and O–H groups in total. The molecule has 1 aromatic carbocycles. The van der Waals surface area contributed by atoms with Crippen molar-refractivity contribution < 1.29 is 14.6 Å². The summed E-state index contributed by atoms with van der Waals surface area (Å²) >= 11 is 0. The molecule has 23 heavy (non-hydrogen) atoms. The summed E-state index contributed by atoms with van der Waals surface area (Å²) in [6.07, 6.45) is 2.37. The number of amides is 1. The van der Waals surface area contributed by atoms with Gasteiger partial charge in [-0.15, -0.1) is 0 Å². The van der Waals surface area contributed by atoms with E-state index in [1.165, 1.54) is 0 Å². The topological polar surface area (TPSA) is 70.6 Å². The Morgan fingerprint density at radius 1 is 1.26 bits per heavy atom. The zero-order valence-corrected chi connectivity index (χ0v) is 14.0. The number of ether oxygens (including phenoxy) is 1. The molecule has 0 aliphatic heterocycles. The second-order valence-corrected chi connectivity index (χ2v) is 6.75. The molecule has 0 spiro atoms. The molecule has 1 unspecified atom stereocenters. The molecular weight excluding hydrogens is 292 g/mol. The number of hydrogen-bond donors (Lipinski definition) is 3. The summed E-state index contributed by atoms with van der Waals surface area (Å²) in [4.78, 5) is 11.8. The number of alkyl carbamates (subject to hydrolysis) is 1. The number of hydrogen-bond acceptors (Lipinski definition) is 4. The molecule has 0 heterocycles. The molecule has 1 atom stereocenters. The van der Waals surface area contributed by atoms with Crippen molar-refractivity contribution in [2.75, 3.05) is 6.61 Å². The van der Waals surface area contributed by atoms with Crippen molar-refractivity contribution in [3.05, 3.63) is 35.9 Å². The molecule has 1 saturated carbocycles. The SMILES string of the molecule is CC(C)CC(CO)NC1CC(NC(=O)OCc2ccccc2)C1. The van der Waals surface area contributed by atoms with Crippen LogP contribution >= 0.6 is 0 Å². The smallest absolute Gasteiger partial charge is 0.407 e. The molecule has 5 heteroatoms. The van der Waals surface area contributed by atoms with Gasteiger partial charge in [0.15, 0.2) is 0 Å². The van der Waals surface area contributed by atoms with E-state index < -0.39 is 0 Å². The van der Waals surface area contributed by atoms with Gasteiger partial charge in [-0.3, -0.25) is 0 Å². The molecule has 1 aromatic rings. The van der Waals surface area contributed by atoms with Crippen molar-refractivity contribution in [2.24, 2.45) is 5.92 Å². The van der Waals surface area contributed by atoms with Gasteiger partial charge in [0, 0.05) is 18.1 Å². The van der Waals surface area contributed by atoms with Crippen molar-refractivity contribution in [1.29, 1.82) is 0 Å². The van der Waals surface area contributed by atoms with Crippen molar-refractivity contribution >= 4 is 6.09 Å². The number of carbonyl (C=O) groups excluding carboxylic acids is 1. The molecule has 5 nitrogen and oxygen atoms in total. The van der Waals surface area contributed by atoms with Crippen LogP contribution in [0.2, 0.25) is 0 Å². The average molecular weight is 320 g/mol. The predicted molar refractivity (Wildman–Crippen MR) is 90.0 cm³/mol. The molecule has 1 amide bonds. The van der Waals surface area contributed by atoms with E-state index in [-0.39, 0.29) is 24.8 Å². The zero-order chi connectivity index (χ0) is 16.7. The zero-order valence-electron chi connectivity index (χ0n) is 14.0. The van der Waals surface area contributed by atoms with Crippen LogP contribution in [0.1, 0.15) is 38.7 Å². The van der Waals surface area contributed by atoms with Gasteiger partial charge in [-0.25, -0.2) is 4.79 Å². The summed E-state index contributed by atoms with van der Waals surface area (Å²) in [6, 6.07) is 10.3. The Balaban J connectivity index is 1.60. The fourth-order valence-corrected chi connectivity index (χ4v) is 2.90. The van der Waals surface area contributed by atoms with E-state index in [2.05, 4.69) is 24.5 Å². The van der Waals surface area contributed by atoms with Crippen LogP contribution in [0, 0.1) is 5.92 Å². The highest BCUT2D eigenvalue weighted by atomic mass is 16.5. The second kappa shape index (κ2) is 8.89. The van der Waals surface area contributed by atoms with Gasteiger partial charge in [0.1, 0.15) is 6.61 Å². The van der Waals surface area contributed by atoms with E-state index in [4.69, 9.17) is 4.74 Å². The minimum Gasteiger partial charge on any atom is -0.445 e. The van der Waals surface area contributed by atoms with Gasteiger partial charge < -0.3 is 20.5 Å². The first-order valence-corrected chi connectivity index (χ1v) is 8.41. The summed E-state index contributed by atoms with van der Waals surface area (Å²) in [5.74, 6) is 0.557. The summed E-state index contributed by atoms with van der Waals surface area (Å²) in [7, 11) is 0. The third-order valence-corrected chi connectivity index (χ3v) is 4.12. The lowest BCUT2D eigenvalue weighted by Gasteiger charge is -2.38. The Kier molecular flexibility index (Phi) is 6.86. The number of carbonyl (C=O) groups is 1.